The average molecular weight is 401 g/mol. The number of sulfonamides is 1. The van der Waals surface area contributed by atoms with Crippen molar-refractivity contribution < 1.29 is 18.0 Å². The van der Waals surface area contributed by atoms with E-state index in [0.717, 1.165) is 5.69 Å². The third-order valence-corrected chi connectivity index (χ3v) is 6.77. The summed E-state index contributed by atoms with van der Waals surface area (Å²) in [6.45, 7) is 2.30. The second-order valence-electron chi connectivity index (χ2n) is 6.80. The maximum atomic E-state index is 12.9. The van der Waals surface area contributed by atoms with Gasteiger partial charge in [0, 0.05) is 30.8 Å². The lowest BCUT2D eigenvalue weighted by atomic mass is 9.97. The molecule has 7 nitrogen and oxygen atoms in total. The van der Waals surface area contributed by atoms with Crippen molar-refractivity contribution >= 4 is 21.7 Å². The zero-order valence-corrected chi connectivity index (χ0v) is 16.5. The normalized spacial score (nSPS) is 15.9. The third kappa shape index (κ3) is 4.63. The van der Waals surface area contributed by atoms with Crippen molar-refractivity contribution in [3.05, 3.63) is 59.9 Å². The molecular formula is C20H23N3O4S. The Hall–Kier alpha value is -2.58. The standard InChI is InChI=1S/C20H23N3O4S/c1-15(24)17-5-4-7-19(13-17)28(26,27)23-11-8-16(9-12-23)20(25)22-14-18-6-2-3-10-21-18/h2-7,10,13,16H,8-9,11-12,14H2,1H3,(H,22,25). The highest BCUT2D eigenvalue weighted by molar-refractivity contribution is 7.89. The van der Waals surface area contributed by atoms with Gasteiger partial charge < -0.3 is 5.32 Å². The number of carbonyl (C=O) groups excluding carboxylic acids is 2. The average Bonchev–Trinajstić information content (AvgIpc) is 2.73. The largest absolute Gasteiger partial charge is 0.350 e. The molecule has 1 aromatic heterocycles. The van der Waals surface area contributed by atoms with Gasteiger partial charge in [-0.1, -0.05) is 18.2 Å². The van der Waals surface area contributed by atoms with Crippen molar-refractivity contribution in [1.29, 1.82) is 0 Å². The highest BCUT2D eigenvalue weighted by atomic mass is 32.2. The number of hydrogen-bond donors (Lipinski definition) is 1. The minimum Gasteiger partial charge on any atom is -0.350 e. The number of ketones is 1. The van der Waals surface area contributed by atoms with Crippen LogP contribution in [0.5, 0.6) is 0 Å². The molecular weight excluding hydrogens is 378 g/mol. The van der Waals surface area contributed by atoms with Crippen molar-refractivity contribution in [2.45, 2.75) is 31.2 Å². The number of rotatable bonds is 6. The lowest BCUT2D eigenvalue weighted by Gasteiger charge is -2.30. The van der Waals surface area contributed by atoms with Gasteiger partial charge in [0.2, 0.25) is 15.9 Å². The van der Waals surface area contributed by atoms with E-state index < -0.39 is 10.0 Å². The van der Waals surface area contributed by atoms with E-state index >= 15 is 0 Å². The van der Waals surface area contributed by atoms with E-state index in [9.17, 15) is 18.0 Å². The molecule has 1 aliphatic rings. The Bertz CT molecular complexity index is 952. The molecule has 1 aliphatic heterocycles. The Labute approximate surface area is 164 Å². The first-order valence-electron chi connectivity index (χ1n) is 9.16. The van der Waals surface area contributed by atoms with Gasteiger partial charge in [-0.3, -0.25) is 14.6 Å². The second-order valence-corrected chi connectivity index (χ2v) is 8.74. The molecule has 148 valence electrons. The molecule has 0 aliphatic carbocycles. The number of pyridine rings is 1. The zero-order chi connectivity index (χ0) is 20.1. The van der Waals surface area contributed by atoms with Crippen molar-refractivity contribution in [2.75, 3.05) is 13.1 Å². The summed E-state index contributed by atoms with van der Waals surface area (Å²) in [6.07, 6.45) is 2.59. The van der Waals surface area contributed by atoms with Crippen LogP contribution in [0.1, 0.15) is 35.8 Å². The topological polar surface area (TPSA) is 96.4 Å². The molecule has 2 aromatic rings. The number of Topliss-reactive ketones (excluding diaryl/α,β-unsaturated/α-hetero) is 1. The summed E-state index contributed by atoms with van der Waals surface area (Å²) in [5.41, 5.74) is 1.14. The van der Waals surface area contributed by atoms with Gasteiger partial charge in [-0.15, -0.1) is 0 Å². The molecule has 0 unspecified atom stereocenters. The van der Waals surface area contributed by atoms with E-state index in [1.54, 1.807) is 18.3 Å². The molecule has 1 N–H and O–H groups in total. The summed E-state index contributed by atoms with van der Waals surface area (Å²) in [5.74, 6) is -0.486. The summed E-state index contributed by atoms with van der Waals surface area (Å²) >= 11 is 0. The van der Waals surface area contributed by atoms with Crippen LogP contribution in [-0.4, -0.2) is 42.5 Å². The maximum Gasteiger partial charge on any atom is 0.243 e. The number of nitrogens with one attached hydrogen (secondary N) is 1. The van der Waals surface area contributed by atoms with Crippen molar-refractivity contribution in [2.24, 2.45) is 5.92 Å². The van der Waals surface area contributed by atoms with Crippen LogP contribution in [0.15, 0.2) is 53.6 Å². The van der Waals surface area contributed by atoms with E-state index in [4.69, 9.17) is 0 Å². The first-order chi connectivity index (χ1) is 13.4. The smallest absolute Gasteiger partial charge is 0.243 e. The van der Waals surface area contributed by atoms with Crippen LogP contribution in [-0.2, 0) is 21.4 Å². The lowest BCUT2D eigenvalue weighted by Crippen LogP contribution is -2.42. The number of aromatic nitrogens is 1. The molecule has 0 saturated carbocycles. The Balaban J connectivity index is 1.59. The lowest BCUT2D eigenvalue weighted by molar-refractivity contribution is -0.126. The predicted molar refractivity (Wildman–Crippen MR) is 104 cm³/mol. The van der Waals surface area contributed by atoms with Gasteiger partial charge >= 0.3 is 0 Å². The van der Waals surface area contributed by atoms with Gasteiger partial charge in [0.15, 0.2) is 5.78 Å². The molecule has 0 bridgehead atoms. The van der Waals surface area contributed by atoms with Crippen molar-refractivity contribution in [3.8, 4) is 0 Å². The monoisotopic (exact) mass is 401 g/mol. The van der Waals surface area contributed by atoms with Gasteiger partial charge in [0.1, 0.15) is 0 Å². The summed E-state index contributed by atoms with van der Waals surface area (Å²) < 4.78 is 27.1. The number of nitrogens with zero attached hydrogens (tertiary/aromatic N) is 2. The summed E-state index contributed by atoms with van der Waals surface area (Å²) in [5, 5.41) is 2.87. The molecule has 1 aromatic carbocycles. The van der Waals surface area contributed by atoms with Crippen LogP contribution in [0.25, 0.3) is 0 Å². The van der Waals surface area contributed by atoms with Gasteiger partial charge in [-0.05, 0) is 44.0 Å². The van der Waals surface area contributed by atoms with Gasteiger partial charge in [0.05, 0.1) is 17.1 Å². The third-order valence-electron chi connectivity index (χ3n) is 4.87. The van der Waals surface area contributed by atoms with Crippen LogP contribution in [0.4, 0.5) is 0 Å². The first-order valence-corrected chi connectivity index (χ1v) is 10.6. The summed E-state index contributed by atoms with van der Waals surface area (Å²) in [7, 11) is -3.68. The van der Waals surface area contributed by atoms with E-state index in [1.165, 1.54) is 23.4 Å². The quantitative estimate of drug-likeness (QED) is 0.747. The number of benzene rings is 1. The van der Waals surface area contributed by atoms with E-state index in [0.29, 0.717) is 24.9 Å². The second kappa shape index (κ2) is 8.62. The molecule has 3 rings (SSSR count). The Kier molecular flexibility index (Phi) is 6.21. The fraction of sp³-hybridized carbons (Fsp3) is 0.350. The van der Waals surface area contributed by atoms with Crippen molar-refractivity contribution in [1.82, 2.24) is 14.6 Å². The van der Waals surface area contributed by atoms with Crippen LogP contribution >= 0.6 is 0 Å². The van der Waals surface area contributed by atoms with Crippen LogP contribution in [0.2, 0.25) is 0 Å². The molecule has 8 heteroatoms. The predicted octanol–water partition coefficient (Wildman–Crippen LogP) is 2.00. The number of hydrogen-bond acceptors (Lipinski definition) is 5. The van der Waals surface area contributed by atoms with Crippen LogP contribution in [0.3, 0.4) is 0 Å². The Morgan fingerprint density at radius 3 is 2.54 bits per heavy atom. The van der Waals surface area contributed by atoms with Gasteiger partial charge in [0.25, 0.3) is 0 Å². The molecule has 0 atom stereocenters. The molecule has 28 heavy (non-hydrogen) atoms. The summed E-state index contributed by atoms with van der Waals surface area (Å²) in [6, 6.07) is 11.6. The molecule has 2 heterocycles. The molecule has 1 fully saturated rings. The van der Waals surface area contributed by atoms with E-state index in [-0.39, 0.29) is 35.6 Å². The summed E-state index contributed by atoms with van der Waals surface area (Å²) in [4.78, 5) is 28.2. The highest BCUT2D eigenvalue weighted by Crippen LogP contribution is 2.24. The molecule has 1 saturated heterocycles. The maximum absolute atomic E-state index is 12.9. The Morgan fingerprint density at radius 2 is 1.89 bits per heavy atom. The van der Waals surface area contributed by atoms with E-state index in [2.05, 4.69) is 10.3 Å². The number of amides is 1. The van der Waals surface area contributed by atoms with E-state index in [1.807, 2.05) is 18.2 Å². The van der Waals surface area contributed by atoms with Crippen LogP contribution in [0, 0.1) is 5.92 Å². The minimum atomic E-state index is -3.68. The Morgan fingerprint density at radius 1 is 1.14 bits per heavy atom. The zero-order valence-electron chi connectivity index (χ0n) is 15.7. The van der Waals surface area contributed by atoms with Gasteiger partial charge in [-0.2, -0.15) is 4.31 Å². The van der Waals surface area contributed by atoms with Gasteiger partial charge in [-0.25, -0.2) is 8.42 Å². The number of piperidine rings is 1. The highest BCUT2D eigenvalue weighted by Gasteiger charge is 2.32. The SMILES string of the molecule is CC(=O)c1cccc(S(=O)(=O)N2CCC(C(=O)NCc3ccccn3)CC2)c1. The molecule has 1 amide bonds. The molecule has 0 radical (unpaired) electrons. The molecule has 0 spiro atoms. The van der Waals surface area contributed by atoms with Crippen molar-refractivity contribution in [3.63, 3.8) is 0 Å². The first kappa shape index (κ1) is 20.2. The fourth-order valence-corrected chi connectivity index (χ4v) is 4.72. The fourth-order valence-electron chi connectivity index (χ4n) is 3.21. The van der Waals surface area contributed by atoms with Crippen LogP contribution < -0.4 is 5.32 Å². The number of carbonyl (C=O) groups is 2. The minimum absolute atomic E-state index is 0.0821.